The molecule has 0 radical (unpaired) electrons. The molecule has 1 aromatic carbocycles. The van der Waals surface area contributed by atoms with E-state index in [1.807, 2.05) is 0 Å². The zero-order valence-electron chi connectivity index (χ0n) is 8.64. The number of benzene rings is 1. The van der Waals surface area contributed by atoms with E-state index in [-0.39, 0.29) is 25.8 Å². The standard InChI is InChI=1S/C11H12O5/c12-3-4-14-8-1-2-9-10(7-8)15-5-6-16-11(9)13/h1-2,7,12H,3-6H2. The molecule has 5 nitrogen and oxygen atoms in total. The number of ether oxygens (including phenoxy) is 3. The summed E-state index contributed by atoms with van der Waals surface area (Å²) in [5.74, 6) is 0.627. The molecule has 5 heteroatoms. The van der Waals surface area contributed by atoms with Gasteiger partial charge in [0.15, 0.2) is 0 Å². The lowest BCUT2D eigenvalue weighted by atomic mass is 10.2. The van der Waals surface area contributed by atoms with E-state index in [0.717, 1.165) is 0 Å². The van der Waals surface area contributed by atoms with Crippen LogP contribution >= 0.6 is 0 Å². The van der Waals surface area contributed by atoms with Crippen LogP contribution in [-0.4, -0.2) is 37.5 Å². The number of fused-ring (bicyclic) bond motifs is 1. The van der Waals surface area contributed by atoms with Gasteiger partial charge >= 0.3 is 5.97 Å². The number of aliphatic hydroxyl groups excluding tert-OH is 1. The van der Waals surface area contributed by atoms with Crippen molar-refractivity contribution in [1.29, 1.82) is 0 Å². The summed E-state index contributed by atoms with van der Waals surface area (Å²) in [7, 11) is 0. The number of hydrogen-bond donors (Lipinski definition) is 1. The van der Waals surface area contributed by atoms with E-state index in [1.54, 1.807) is 18.2 Å². The van der Waals surface area contributed by atoms with Gasteiger partial charge in [-0.3, -0.25) is 0 Å². The molecule has 16 heavy (non-hydrogen) atoms. The number of rotatable bonds is 3. The van der Waals surface area contributed by atoms with Crippen LogP contribution in [0.5, 0.6) is 11.5 Å². The van der Waals surface area contributed by atoms with Crippen LogP contribution < -0.4 is 9.47 Å². The maximum Gasteiger partial charge on any atom is 0.342 e. The van der Waals surface area contributed by atoms with Crippen LogP contribution in [-0.2, 0) is 4.74 Å². The molecule has 0 amide bonds. The van der Waals surface area contributed by atoms with Crippen LogP contribution in [0.15, 0.2) is 18.2 Å². The first-order valence-corrected chi connectivity index (χ1v) is 4.99. The monoisotopic (exact) mass is 224 g/mol. The summed E-state index contributed by atoms with van der Waals surface area (Å²) in [6.45, 7) is 0.742. The lowest BCUT2D eigenvalue weighted by Crippen LogP contribution is -2.05. The summed E-state index contributed by atoms with van der Waals surface area (Å²) < 4.78 is 15.5. The molecule has 1 aliphatic heterocycles. The molecule has 1 N–H and O–H groups in total. The van der Waals surface area contributed by atoms with Crippen LogP contribution in [0.1, 0.15) is 10.4 Å². The molecule has 0 bridgehead atoms. The molecule has 1 aliphatic rings. The predicted molar refractivity (Wildman–Crippen MR) is 54.8 cm³/mol. The maximum atomic E-state index is 11.4. The molecule has 1 heterocycles. The number of aliphatic hydroxyl groups is 1. The Labute approximate surface area is 92.5 Å². The Morgan fingerprint density at radius 3 is 2.94 bits per heavy atom. The maximum absolute atomic E-state index is 11.4. The van der Waals surface area contributed by atoms with Gasteiger partial charge in [-0.2, -0.15) is 0 Å². The number of hydrogen-bond acceptors (Lipinski definition) is 5. The van der Waals surface area contributed by atoms with Crippen LogP contribution in [0.4, 0.5) is 0 Å². The fourth-order valence-corrected chi connectivity index (χ4v) is 1.41. The Morgan fingerprint density at radius 2 is 2.12 bits per heavy atom. The topological polar surface area (TPSA) is 65.0 Å². The van der Waals surface area contributed by atoms with Gasteiger partial charge in [-0.25, -0.2) is 4.79 Å². The van der Waals surface area contributed by atoms with Crippen molar-refractivity contribution in [3.8, 4) is 11.5 Å². The van der Waals surface area contributed by atoms with E-state index in [9.17, 15) is 4.79 Å². The van der Waals surface area contributed by atoms with E-state index in [2.05, 4.69) is 0 Å². The lowest BCUT2D eigenvalue weighted by molar-refractivity contribution is 0.0492. The smallest absolute Gasteiger partial charge is 0.342 e. The van der Waals surface area contributed by atoms with Gasteiger partial charge in [0, 0.05) is 6.07 Å². The number of cyclic esters (lactones) is 1. The van der Waals surface area contributed by atoms with Crippen LogP contribution in [0.2, 0.25) is 0 Å². The molecular formula is C11H12O5. The van der Waals surface area contributed by atoms with Gasteiger partial charge in [0.05, 0.1) is 6.61 Å². The SMILES string of the molecule is O=C1OCCOc2cc(OCCO)ccc21. The molecule has 0 atom stereocenters. The van der Waals surface area contributed by atoms with Crippen molar-refractivity contribution in [2.45, 2.75) is 0 Å². The number of carbonyl (C=O) groups excluding carboxylic acids is 1. The second-order valence-corrected chi connectivity index (χ2v) is 3.21. The summed E-state index contributed by atoms with van der Waals surface area (Å²) in [6, 6.07) is 4.86. The molecule has 0 aromatic heterocycles. The zero-order valence-corrected chi connectivity index (χ0v) is 8.64. The summed E-state index contributed by atoms with van der Waals surface area (Å²) in [4.78, 5) is 11.4. The van der Waals surface area contributed by atoms with Crippen LogP contribution in [0.3, 0.4) is 0 Å². The van der Waals surface area contributed by atoms with Crippen molar-refractivity contribution in [3.05, 3.63) is 23.8 Å². The van der Waals surface area contributed by atoms with Gasteiger partial charge in [0.1, 0.15) is 36.9 Å². The van der Waals surface area contributed by atoms with E-state index in [1.165, 1.54) is 0 Å². The van der Waals surface area contributed by atoms with Gasteiger partial charge in [0.2, 0.25) is 0 Å². The van der Waals surface area contributed by atoms with Gasteiger partial charge in [-0.05, 0) is 12.1 Å². The van der Waals surface area contributed by atoms with Crippen LogP contribution in [0, 0.1) is 0 Å². The fourth-order valence-electron chi connectivity index (χ4n) is 1.41. The molecule has 0 aliphatic carbocycles. The average molecular weight is 224 g/mol. The molecule has 0 unspecified atom stereocenters. The Bertz CT molecular complexity index is 388. The summed E-state index contributed by atoms with van der Waals surface area (Å²) in [5.41, 5.74) is 0.397. The number of carbonyl (C=O) groups is 1. The van der Waals surface area contributed by atoms with Crippen LogP contribution in [0.25, 0.3) is 0 Å². The van der Waals surface area contributed by atoms with Crippen molar-refractivity contribution in [3.63, 3.8) is 0 Å². The van der Waals surface area contributed by atoms with E-state index in [4.69, 9.17) is 19.3 Å². The van der Waals surface area contributed by atoms with Crippen molar-refractivity contribution in [2.24, 2.45) is 0 Å². The largest absolute Gasteiger partial charge is 0.491 e. The molecule has 0 spiro atoms. The first-order valence-electron chi connectivity index (χ1n) is 4.99. The third kappa shape index (κ3) is 2.25. The van der Waals surface area contributed by atoms with E-state index < -0.39 is 0 Å². The predicted octanol–water partition coefficient (Wildman–Crippen LogP) is 0.607. The Kier molecular flexibility index (Phi) is 3.26. The van der Waals surface area contributed by atoms with Crippen molar-refractivity contribution >= 4 is 5.97 Å². The molecule has 86 valence electrons. The molecule has 0 fully saturated rings. The summed E-state index contributed by atoms with van der Waals surface area (Å²) >= 11 is 0. The Balaban J connectivity index is 2.23. The van der Waals surface area contributed by atoms with Gasteiger partial charge in [-0.1, -0.05) is 0 Å². The van der Waals surface area contributed by atoms with E-state index in [0.29, 0.717) is 23.7 Å². The molecule has 0 saturated carbocycles. The summed E-state index contributed by atoms with van der Waals surface area (Å²) in [6.07, 6.45) is 0. The molecular weight excluding hydrogens is 212 g/mol. The van der Waals surface area contributed by atoms with Crippen molar-refractivity contribution in [1.82, 2.24) is 0 Å². The highest BCUT2D eigenvalue weighted by Gasteiger charge is 2.18. The highest BCUT2D eigenvalue weighted by Crippen LogP contribution is 2.27. The Hall–Kier alpha value is -1.75. The second-order valence-electron chi connectivity index (χ2n) is 3.21. The minimum absolute atomic E-state index is 0.0556. The minimum atomic E-state index is -0.388. The number of esters is 1. The van der Waals surface area contributed by atoms with E-state index >= 15 is 0 Å². The third-order valence-corrected chi connectivity index (χ3v) is 2.11. The lowest BCUT2D eigenvalue weighted by Gasteiger charge is -2.08. The van der Waals surface area contributed by atoms with Gasteiger partial charge in [-0.15, -0.1) is 0 Å². The summed E-state index contributed by atoms with van der Waals surface area (Å²) in [5, 5.41) is 8.62. The minimum Gasteiger partial charge on any atom is -0.491 e. The van der Waals surface area contributed by atoms with Crippen molar-refractivity contribution < 1.29 is 24.1 Å². The Morgan fingerprint density at radius 1 is 1.31 bits per heavy atom. The second kappa shape index (κ2) is 4.85. The fraction of sp³-hybridized carbons (Fsp3) is 0.364. The highest BCUT2D eigenvalue weighted by atomic mass is 16.6. The van der Waals surface area contributed by atoms with Gasteiger partial charge < -0.3 is 19.3 Å². The first-order chi connectivity index (χ1) is 7.81. The third-order valence-electron chi connectivity index (χ3n) is 2.11. The molecule has 0 saturated heterocycles. The van der Waals surface area contributed by atoms with Gasteiger partial charge in [0.25, 0.3) is 0 Å². The zero-order chi connectivity index (χ0) is 11.4. The molecule has 1 aromatic rings. The highest BCUT2D eigenvalue weighted by molar-refractivity contribution is 5.93. The van der Waals surface area contributed by atoms with Crippen molar-refractivity contribution in [2.75, 3.05) is 26.4 Å². The first kappa shape index (κ1) is 10.8. The normalized spacial score (nSPS) is 14.4. The average Bonchev–Trinajstić information content (AvgIpc) is 2.49. The molecule has 2 rings (SSSR count). The quantitative estimate of drug-likeness (QED) is 0.762.